The smallest absolute Gasteiger partial charge is 0.323 e. The molecule has 0 saturated carbocycles. The van der Waals surface area contributed by atoms with E-state index in [0.29, 0.717) is 16.9 Å². The van der Waals surface area contributed by atoms with E-state index in [1.807, 2.05) is 31.2 Å². The van der Waals surface area contributed by atoms with Gasteiger partial charge in [-0.1, -0.05) is 42.5 Å². The number of carbonyl (C=O) groups excluding carboxylic acids is 4. The van der Waals surface area contributed by atoms with E-state index in [0.717, 1.165) is 16.8 Å². The molecule has 4 rings (SSSR count). The number of amides is 4. The van der Waals surface area contributed by atoms with E-state index in [1.54, 1.807) is 54.6 Å². The second-order valence-corrected chi connectivity index (χ2v) is 9.35. The van der Waals surface area contributed by atoms with Gasteiger partial charge in [0.25, 0.3) is 5.91 Å². The van der Waals surface area contributed by atoms with Gasteiger partial charge in [0.15, 0.2) is 5.69 Å². The quantitative estimate of drug-likeness (QED) is 0.204. The summed E-state index contributed by atoms with van der Waals surface area (Å²) < 4.78 is 4.78. The normalized spacial score (nSPS) is 11.1. The van der Waals surface area contributed by atoms with Crippen LogP contribution in [0.5, 0.6) is 0 Å². The molecular weight excluding hydrogens is 536 g/mol. The lowest BCUT2D eigenvalue weighted by molar-refractivity contribution is -0.141. The highest BCUT2D eigenvalue weighted by molar-refractivity contribution is 6.00. The molecule has 0 spiro atoms. The van der Waals surface area contributed by atoms with E-state index in [-0.39, 0.29) is 30.5 Å². The number of nitrogens with zero attached hydrogens (tertiary/aromatic N) is 2. The van der Waals surface area contributed by atoms with E-state index >= 15 is 0 Å². The molecule has 4 N–H and O–H groups in total. The lowest BCUT2D eigenvalue weighted by Gasteiger charge is -2.18. The molecule has 0 aliphatic carbocycles. The van der Waals surface area contributed by atoms with Crippen LogP contribution in [0.25, 0.3) is 0 Å². The number of nitrogens with one attached hydrogen (secondary N) is 4. The molecule has 0 aliphatic rings. The maximum atomic E-state index is 12.7. The molecular formula is C31H30N6O5. The van der Waals surface area contributed by atoms with Gasteiger partial charge in [-0.2, -0.15) is 5.10 Å². The Morgan fingerprint density at radius 1 is 0.810 bits per heavy atom. The van der Waals surface area contributed by atoms with Gasteiger partial charge >= 0.3 is 12.0 Å². The van der Waals surface area contributed by atoms with E-state index in [4.69, 9.17) is 4.74 Å². The number of rotatable bonds is 10. The van der Waals surface area contributed by atoms with Crippen molar-refractivity contribution in [3.8, 4) is 0 Å². The Morgan fingerprint density at radius 3 is 2.17 bits per heavy atom. The summed E-state index contributed by atoms with van der Waals surface area (Å²) >= 11 is 0. The number of methoxy groups -OCH3 is 1. The zero-order valence-corrected chi connectivity index (χ0v) is 23.1. The number of hydrogen-bond donors (Lipinski definition) is 4. The topological polar surface area (TPSA) is 151 Å². The Kier molecular flexibility index (Phi) is 9.92. The fourth-order valence-electron chi connectivity index (χ4n) is 4.05. The van der Waals surface area contributed by atoms with Gasteiger partial charge in [0.1, 0.15) is 0 Å². The summed E-state index contributed by atoms with van der Waals surface area (Å²) in [6.07, 6.45) is 1.49. The van der Waals surface area contributed by atoms with Crippen LogP contribution in [0.4, 0.5) is 21.9 Å². The first-order valence-electron chi connectivity index (χ1n) is 13.1. The lowest BCUT2D eigenvalue weighted by Crippen LogP contribution is -2.31. The highest BCUT2D eigenvalue weighted by atomic mass is 16.5. The molecule has 1 heterocycles. The summed E-state index contributed by atoms with van der Waals surface area (Å²) in [7, 11) is 1.27. The van der Waals surface area contributed by atoms with Crippen LogP contribution in [0.3, 0.4) is 0 Å². The number of ether oxygens (including phenoxy) is 1. The second-order valence-electron chi connectivity index (χ2n) is 9.35. The van der Waals surface area contributed by atoms with E-state index in [9.17, 15) is 19.2 Å². The molecule has 0 radical (unpaired) electrons. The Balaban J connectivity index is 1.32. The third kappa shape index (κ3) is 8.46. The number of benzene rings is 3. The Bertz CT molecular complexity index is 1540. The third-order valence-electron chi connectivity index (χ3n) is 6.28. The maximum absolute atomic E-state index is 12.7. The van der Waals surface area contributed by atoms with Crippen LogP contribution in [0.2, 0.25) is 0 Å². The second kappa shape index (κ2) is 14.2. The number of aromatic nitrogens is 2. The molecule has 0 aliphatic heterocycles. The number of para-hydroxylation sites is 1. The summed E-state index contributed by atoms with van der Waals surface area (Å²) in [4.78, 5) is 49.6. The van der Waals surface area contributed by atoms with Gasteiger partial charge in [0.2, 0.25) is 5.91 Å². The third-order valence-corrected chi connectivity index (χ3v) is 6.28. The SMILES string of the molecule is COC(=O)CC(NC(=O)c1cccnn1)c1ccc(NC(=O)Cc2ccc(NC(=O)Nc3ccccc3C)cc2)cc1. The van der Waals surface area contributed by atoms with Crippen molar-refractivity contribution in [3.05, 3.63) is 114 Å². The number of esters is 1. The average Bonchev–Trinajstić information content (AvgIpc) is 2.99. The first-order valence-corrected chi connectivity index (χ1v) is 13.1. The van der Waals surface area contributed by atoms with Gasteiger partial charge in [0.05, 0.1) is 26.0 Å². The molecule has 11 nitrogen and oxygen atoms in total. The summed E-state index contributed by atoms with van der Waals surface area (Å²) in [5, 5.41) is 18.7. The van der Waals surface area contributed by atoms with Gasteiger partial charge in [-0.3, -0.25) is 14.4 Å². The highest BCUT2D eigenvalue weighted by Crippen LogP contribution is 2.21. The minimum atomic E-state index is -0.678. The van der Waals surface area contributed by atoms with Crippen LogP contribution < -0.4 is 21.3 Å². The van der Waals surface area contributed by atoms with Gasteiger partial charge in [-0.15, -0.1) is 5.10 Å². The molecule has 1 atom stereocenters. The van der Waals surface area contributed by atoms with Gasteiger partial charge in [-0.25, -0.2) is 4.79 Å². The van der Waals surface area contributed by atoms with E-state index in [1.165, 1.54) is 19.4 Å². The maximum Gasteiger partial charge on any atom is 0.323 e. The molecule has 11 heteroatoms. The van der Waals surface area contributed by atoms with Crippen molar-refractivity contribution in [2.45, 2.75) is 25.8 Å². The Labute approximate surface area is 242 Å². The summed E-state index contributed by atoms with van der Waals surface area (Å²) in [5.74, 6) is -1.21. The average molecular weight is 567 g/mol. The number of aryl methyl sites for hydroxylation is 1. The van der Waals surface area contributed by atoms with Gasteiger partial charge < -0.3 is 26.0 Å². The first kappa shape index (κ1) is 29.4. The van der Waals surface area contributed by atoms with Crippen molar-refractivity contribution in [1.82, 2.24) is 15.5 Å². The van der Waals surface area contributed by atoms with E-state index in [2.05, 4.69) is 31.5 Å². The van der Waals surface area contributed by atoms with Crippen molar-refractivity contribution < 1.29 is 23.9 Å². The largest absolute Gasteiger partial charge is 0.469 e. The van der Waals surface area contributed by atoms with Crippen LogP contribution in [0.15, 0.2) is 91.1 Å². The zero-order valence-electron chi connectivity index (χ0n) is 23.1. The first-order chi connectivity index (χ1) is 20.3. The van der Waals surface area contributed by atoms with Crippen LogP contribution in [0, 0.1) is 6.92 Å². The molecule has 214 valence electrons. The van der Waals surface area contributed by atoms with Crippen molar-refractivity contribution in [3.63, 3.8) is 0 Å². The zero-order chi connectivity index (χ0) is 29.9. The number of urea groups is 1. The fourth-order valence-corrected chi connectivity index (χ4v) is 4.05. The monoisotopic (exact) mass is 566 g/mol. The van der Waals surface area contributed by atoms with Crippen molar-refractivity contribution in [2.24, 2.45) is 0 Å². The fraction of sp³-hybridized carbons (Fsp3) is 0.161. The van der Waals surface area contributed by atoms with E-state index < -0.39 is 17.9 Å². The Hall–Kier alpha value is -5.58. The van der Waals surface area contributed by atoms with Crippen LogP contribution in [-0.2, 0) is 20.7 Å². The predicted molar refractivity (Wildman–Crippen MR) is 158 cm³/mol. The predicted octanol–water partition coefficient (Wildman–Crippen LogP) is 4.64. The molecule has 0 fully saturated rings. The standard InChI is InChI=1S/C31H30N6O5/c1-20-6-3-4-7-25(20)36-31(41)34-24-13-9-21(10-14-24)18-28(38)33-23-15-11-22(12-16-23)27(19-29(39)42-2)35-30(40)26-8-5-17-32-37-26/h3-17,27H,18-19H2,1-2H3,(H,33,38)(H,35,40)(H2,34,36,41). The molecule has 4 aromatic rings. The molecule has 3 aromatic carbocycles. The molecule has 1 aromatic heterocycles. The van der Waals surface area contributed by atoms with Crippen molar-refractivity contribution >= 4 is 40.9 Å². The summed E-state index contributed by atoms with van der Waals surface area (Å²) in [6.45, 7) is 1.91. The van der Waals surface area contributed by atoms with Crippen molar-refractivity contribution in [1.29, 1.82) is 0 Å². The van der Waals surface area contributed by atoms with Crippen LogP contribution >= 0.6 is 0 Å². The summed E-state index contributed by atoms with van der Waals surface area (Å²) in [5.41, 5.74) is 4.34. The minimum absolute atomic E-state index is 0.0907. The van der Waals surface area contributed by atoms with Crippen LogP contribution in [-0.4, -0.2) is 41.1 Å². The summed E-state index contributed by atoms with van der Waals surface area (Å²) in [6, 6.07) is 23.3. The van der Waals surface area contributed by atoms with Crippen LogP contribution in [0.1, 0.15) is 39.6 Å². The molecule has 0 bridgehead atoms. The molecule has 4 amide bonds. The van der Waals surface area contributed by atoms with Gasteiger partial charge in [-0.05, 0) is 66.1 Å². The highest BCUT2D eigenvalue weighted by Gasteiger charge is 2.21. The van der Waals surface area contributed by atoms with Crippen molar-refractivity contribution in [2.75, 3.05) is 23.1 Å². The molecule has 1 unspecified atom stereocenters. The molecule has 0 saturated heterocycles. The Morgan fingerprint density at radius 2 is 1.50 bits per heavy atom. The number of anilines is 3. The lowest BCUT2D eigenvalue weighted by atomic mass is 10.0. The van der Waals surface area contributed by atoms with Gasteiger partial charge in [0, 0.05) is 23.3 Å². The minimum Gasteiger partial charge on any atom is -0.469 e. The number of hydrogen-bond acceptors (Lipinski definition) is 7. The molecule has 42 heavy (non-hydrogen) atoms. The number of carbonyl (C=O) groups is 4.